The van der Waals surface area contributed by atoms with Gasteiger partial charge < -0.3 is 29.7 Å². The van der Waals surface area contributed by atoms with E-state index in [2.05, 4.69) is 86.6 Å². The standard InChI is InChI=1S/2C11H11.C4H8Si.4CH3.2Hf/c2*1-2-9-7-10-5-3-4-6-11(10)8-9;1-2-4-5-3-1;;;;;;/h2*3-8H,2H2,1H3;1-4H2;4*1H3;;/q2*-1;;4*-1;;. The van der Waals surface area contributed by atoms with Crippen LogP contribution in [0, 0.1) is 29.7 Å². The summed E-state index contributed by atoms with van der Waals surface area (Å²) in [7, 11) is 1.31. The summed E-state index contributed by atoms with van der Waals surface area (Å²) >= 11 is 0. The van der Waals surface area contributed by atoms with Crippen LogP contribution < -0.4 is 0 Å². The van der Waals surface area contributed by atoms with E-state index < -0.39 is 0 Å². The van der Waals surface area contributed by atoms with E-state index in [0.29, 0.717) is 0 Å². The molecule has 33 heavy (non-hydrogen) atoms. The van der Waals surface area contributed by atoms with Crippen LogP contribution in [0.5, 0.6) is 0 Å². The summed E-state index contributed by atoms with van der Waals surface area (Å²) in [5.74, 6) is 0. The Kier molecular flexibility index (Phi) is 26.7. The summed E-state index contributed by atoms with van der Waals surface area (Å²) in [4.78, 5) is 0. The van der Waals surface area contributed by atoms with Gasteiger partial charge in [0.2, 0.25) is 0 Å². The third kappa shape index (κ3) is 12.8. The zero-order valence-corrected chi connectivity index (χ0v) is 29.9. The van der Waals surface area contributed by atoms with Crippen molar-refractivity contribution in [1.82, 2.24) is 0 Å². The van der Waals surface area contributed by atoms with Gasteiger partial charge in [-0.1, -0.05) is 50.9 Å². The van der Waals surface area contributed by atoms with E-state index in [1.54, 1.807) is 0 Å². The van der Waals surface area contributed by atoms with Gasteiger partial charge in [-0.3, -0.25) is 0 Å². The molecule has 3 heteroatoms. The van der Waals surface area contributed by atoms with Crippen molar-refractivity contribution in [3.63, 3.8) is 0 Å². The summed E-state index contributed by atoms with van der Waals surface area (Å²) in [6.07, 6.45) is 5.29. The van der Waals surface area contributed by atoms with Gasteiger partial charge in [0.15, 0.2) is 0 Å². The summed E-state index contributed by atoms with van der Waals surface area (Å²) in [6.45, 7) is 4.38. The second kappa shape index (κ2) is 22.1. The van der Waals surface area contributed by atoms with Crippen LogP contribution in [-0.4, -0.2) is 9.52 Å². The van der Waals surface area contributed by atoms with Gasteiger partial charge in [0.25, 0.3) is 0 Å². The van der Waals surface area contributed by atoms with Gasteiger partial charge in [-0.25, -0.2) is 0 Å². The fourth-order valence-corrected chi connectivity index (χ4v) is 4.71. The quantitative estimate of drug-likeness (QED) is 0.140. The van der Waals surface area contributed by atoms with Crippen molar-refractivity contribution in [3.8, 4) is 0 Å². The van der Waals surface area contributed by atoms with Gasteiger partial charge in [-0.05, 0) is 12.8 Å². The minimum absolute atomic E-state index is 0. The van der Waals surface area contributed by atoms with Crippen molar-refractivity contribution < 1.29 is 51.7 Å². The van der Waals surface area contributed by atoms with Crippen molar-refractivity contribution in [2.45, 2.75) is 51.6 Å². The third-order valence-corrected chi connectivity index (χ3v) is 6.54. The molecule has 180 valence electrons. The summed E-state index contributed by atoms with van der Waals surface area (Å²) in [5, 5.41) is 5.46. The minimum Gasteiger partial charge on any atom is -0.358 e. The minimum atomic E-state index is 0. The Labute approximate surface area is 246 Å². The monoisotopic (exact) mass is 790 g/mol. The molecule has 1 aliphatic heterocycles. The predicted octanol–water partition coefficient (Wildman–Crippen LogP) is 9.36. The Hall–Kier alpha value is -0.383. The fourth-order valence-electron chi connectivity index (χ4n) is 3.46. The first kappa shape index (κ1) is 39.8. The van der Waals surface area contributed by atoms with Crippen LogP contribution in [0.4, 0.5) is 0 Å². The van der Waals surface area contributed by atoms with E-state index >= 15 is 0 Å². The molecule has 0 spiro atoms. The van der Waals surface area contributed by atoms with E-state index in [4.69, 9.17) is 0 Å². The van der Waals surface area contributed by atoms with Crippen molar-refractivity contribution in [2.75, 3.05) is 0 Å². The Bertz CT molecular complexity index is 800. The number of aryl methyl sites for hydroxylation is 2. The van der Waals surface area contributed by atoms with E-state index in [1.807, 2.05) is 0 Å². The molecule has 0 nitrogen and oxygen atoms in total. The van der Waals surface area contributed by atoms with Crippen molar-refractivity contribution in [1.29, 1.82) is 0 Å². The Morgan fingerprint density at radius 1 is 0.636 bits per heavy atom. The molecule has 0 amide bonds. The van der Waals surface area contributed by atoms with Gasteiger partial charge in [-0.15, -0.1) is 81.2 Å². The molecule has 2 radical (unpaired) electrons. The first-order chi connectivity index (χ1) is 13.3. The summed E-state index contributed by atoms with van der Waals surface area (Å²) in [6, 6.07) is 29.1. The normalized spacial score (nSPS) is 10.7. The smallest absolute Gasteiger partial charge is 0.0377 e. The summed E-state index contributed by atoms with van der Waals surface area (Å²) in [5.41, 5.74) is 2.87. The third-order valence-electron chi connectivity index (χ3n) is 5.13. The molecule has 1 fully saturated rings. The molecule has 1 heterocycles. The van der Waals surface area contributed by atoms with Gasteiger partial charge in [0.1, 0.15) is 0 Å². The van der Waals surface area contributed by atoms with E-state index in [9.17, 15) is 0 Å². The number of hydrogen-bond donors (Lipinski definition) is 0. The molecule has 1 saturated heterocycles. The van der Waals surface area contributed by atoms with Crippen LogP contribution in [0.25, 0.3) is 21.5 Å². The molecule has 4 aromatic carbocycles. The topological polar surface area (TPSA) is 0 Å². The van der Waals surface area contributed by atoms with E-state index in [0.717, 1.165) is 12.8 Å². The maximum Gasteiger partial charge on any atom is 0.0377 e. The molecular weight excluding hydrogens is 745 g/mol. The molecule has 4 aromatic rings. The Balaban J connectivity index is -0.000000184. The second-order valence-corrected chi connectivity index (χ2v) is 8.65. The van der Waals surface area contributed by atoms with E-state index in [1.165, 1.54) is 67.1 Å². The molecule has 0 bridgehead atoms. The van der Waals surface area contributed by atoms with Crippen molar-refractivity contribution in [2.24, 2.45) is 0 Å². The van der Waals surface area contributed by atoms with Crippen molar-refractivity contribution in [3.05, 3.63) is 114 Å². The molecule has 1 aliphatic rings. The first-order valence-corrected chi connectivity index (χ1v) is 11.7. The first-order valence-electron chi connectivity index (χ1n) is 10.3. The number of fused-ring (bicyclic) bond motifs is 2. The average Bonchev–Trinajstić information content (AvgIpc) is 3.48. The van der Waals surface area contributed by atoms with Crippen LogP contribution in [0.15, 0.2) is 72.8 Å². The molecule has 0 N–H and O–H groups in total. The van der Waals surface area contributed by atoms with Crippen molar-refractivity contribution >= 4 is 31.1 Å². The number of benzene rings is 2. The Morgan fingerprint density at radius 2 is 1.00 bits per heavy atom. The Morgan fingerprint density at radius 3 is 1.27 bits per heavy atom. The predicted molar refractivity (Wildman–Crippen MR) is 148 cm³/mol. The molecular formula is C30H42Hf2Si-6. The molecule has 0 unspecified atom stereocenters. The molecule has 0 aliphatic carbocycles. The number of rotatable bonds is 2. The maximum absolute atomic E-state index is 2.26. The zero-order valence-electron chi connectivity index (χ0n) is 21.7. The maximum atomic E-state index is 2.26. The average molecular weight is 788 g/mol. The van der Waals surface area contributed by atoms with Crippen LogP contribution in [0.2, 0.25) is 12.1 Å². The van der Waals surface area contributed by atoms with Crippen LogP contribution in [0.1, 0.15) is 37.8 Å². The molecule has 0 aromatic heterocycles. The zero-order chi connectivity index (χ0) is 18.9. The van der Waals surface area contributed by atoms with E-state index in [-0.39, 0.29) is 81.4 Å². The van der Waals surface area contributed by atoms with Gasteiger partial charge >= 0.3 is 0 Å². The van der Waals surface area contributed by atoms with Gasteiger partial charge in [0.05, 0.1) is 0 Å². The van der Waals surface area contributed by atoms with Gasteiger partial charge in [-0.2, -0.15) is 12.1 Å². The second-order valence-electron chi connectivity index (χ2n) is 7.15. The number of hydrogen-bond acceptors (Lipinski definition) is 0. The largest absolute Gasteiger partial charge is 0.358 e. The van der Waals surface area contributed by atoms with Crippen LogP contribution in [0.3, 0.4) is 0 Å². The fraction of sp³-hybridized carbons (Fsp3) is 0.267. The molecule has 5 rings (SSSR count). The summed E-state index contributed by atoms with van der Waals surface area (Å²) < 4.78 is 0. The molecule has 0 atom stereocenters. The van der Waals surface area contributed by atoms with Crippen LogP contribution >= 0.6 is 0 Å². The van der Waals surface area contributed by atoms with Crippen LogP contribution in [-0.2, 0) is 64.5 Å². The molecule has 0 saturated carbocycles. The SMILES string of the molecule is C1CC[Si]C1.CCc1cc2ccccc2[cH-]1.CCc1cc2ccccc2[cH-]1.[CH3-].[CH3-].[CH3-].[CH3-].[Hf].[Hf]. The van der Waals surface area contributed by atoms with Gasteiger partial charge in [0, 0.05) is 61.2 Å².